The fourth-order valence-electron chi connectivity index (χ4n) is 1.36. The Morgan fingerprint density at radius 2 is 1.40 bits per heavy atom. The molecule has 0 aromatic rings. The summed E-state index contributed by atoms with van der Waals surface area (Å²) in [6, 6.07) is -0.820. The molecule has 13 nitrogen and oxygen atoms in total. The summed E-state index contributed by atoms with van der Waals surface area (Å²) >= 11 is 0. The number of aliphatic carboxylic acids is 4. The Morgan fingerprint density at radius 1 is 0.960 bits per heavy atom. The highest BCUT2D eigenvalue weighted by Crippen LogP contribution is 2.15. The molecule has 0 heterocycles. The maximum Gasteiger partial charge on any atom is 0.336 e. The van der Waals surface area contributed by atoms with Crippen molar-refractivity contribution < 1.29 is 44.7 Å². The Labute approximate surface area is 141 Å². The molecule has 0 radical (unpaired) electrons. The van der Waals surface area contributed by atoms with Crippen LogP contribution in [0.5, 0.6) is 0 Å². The van der Waals surface area contributed by atoms with Crippen LogP contribution in [0.1, 0.15) is 25.7 Å². The Kier molecular flexibility index (Phi) is 11.3. The van der Waals surface area contributed by atoms with Crippen LogP contribution in [-0.4, -0.2) is 73.6 Å². The largest absolute Gasteiger partial charge is 0.481 e. The first-order valence-electron chi connectivity index (χ1n) is 6.75. The number of carbonyl (C=O) groups is 4. The van der Waals surface area contributed by atoms with Crippen LogP contribution in [-0.2, 0) is 19.2 Å². The van der Waals surface area contributed by atoms with E-state index >= 15 is 0 Å². The molecule has 0 rings (SSSR count). The maximum atomic E-state index is 10.3. The molecule has 0 aliphatic heterocycles. The predicted octanol–water partition coefficient (Wildman–Crippen LogP) is -2.80. The molecule has 1 atom stereocenters. The van der Waals surface area contributed by atoms with Crippen LogP contribution >= 0.6 is 0 Å². The Bertz CT molecular complexity index is 501. The molecule has 0 saturated heterocycles. The monoisotopic (exact) mass is 366 g/mol. The summed E-state index contributed by atoms with van der Waals surface area (Å²) in [7, 11) is 0. The van der Waals surface area contributed by atoms with E-state index in [-0.39, 0.29) is 5.96 Å². The van der Waals surface area contributed by atoms with Gasteiger partial charge in [0.25, 0.3) is 0 Å². The van der Waals surface area contributed by atoms with Crippen LogP contribution < -0.4 is 17.2 Å². The number of carboxylic acids is 4. The quantitative estimate of drug-likeness (QED) is 0.111. The number of aliphatic imine (C=N–C) groups is 1. The van der Waals surface area contributed by atoms with E-state index in [2.05, 4.69) is 4.99 Å². The second-order valence-corrected chi connectivity index (χ2v) is 4.87. The van der Waals surface area contributed by atoms with Crippen molar-refractivity contribution in [1.82, 2.24) is 0 Å². The minimum atomic E-state index is -2.74. The van der Waals surface area contributed by atoms with Crippen LogP contribution in [0.25, 0.3) is 0 Å². The average Bonchev–Trinajstić information content (AvgIpc) is 2.41. The first-order chi connectivity index (χ1) is 11.3. The number of guanidine groups is 1. The van der Waals surface area contributed by atoms with Gasteiger partial charge in [0.1, 0.15) is 6.04 Å². The standard InChI is InChI=1S/C6H14N4O2.C6H8O7/c7-4(5(11)12)2-1-3-10-6(8)9;7-3(8)1-6(13,5(11)12)2-4(9)10/h4H,1-3,7H2,(H,11,12)(H4,8,9,10);13H,1-2H2,(H,7,8)(H,9,10)(H,11,12)/t4-;/m1./s1. The van der Waals surface area contributed by atoms with E-state index in [1.54, 1.807) is 0 Å². The summed E-state index contributed by atoms with van der Waals surface area (Å²) in [6.45, 7) is 0.420. The first kappa shape index (κ1) is 24.3. The lowest BCUT2D eigenvalue weighted by Gasteiger charge is -2.18. The van der Waals surface area contributed by atoms with Crippen LogP contribution in [0.15, 0.2) is 4.99 Å². The lowest BCUT2D eigenvalue weighted by Crippen LogP contribution is -2.42. The van der Waals surface area contributed by atoms with E-state index in [1.807, 2.05) is 0 Å². The lowest BCUT2D eigenvalue weighted by molar-refractivity contribution is -0.170. The molecule has 0 spiro atoms. The summed E-state index contributed by atoms with van der Waals surface area (Å²) in [4.78, 5) is 44.4. The lowest BCUT2D eigenvalue weighted by atomic mass is 9.96. The van der Waals surface area contributed by atoms with E-state index < -0.39 is 48.4 Å². The van der Waals surface area contributed by atoms with Crippen molar-refractivity contribution in [1.29, 1.82) is 0 Å². The molecule has 0 fully saturated rings. The second kappa shape index (κ2) is 11.6. The van der Waals surface area contributed by atoms with Crippen molar-refractivity contribution in [2.45, 2.75) is 37.3 Å². The van der Waals surface area contributed by atoms with Crippen molar-refractivity contribution in [2.75, 3.05) is 6.54 Å². The third-order valence-corrected chi connectivity index (χ3v) is 2.57. The van der Waals surface area contributed by atoms with Gasteiger partial charge in [0, 0.05) is 6.54 Å². The van der Waals surface area contributed by atoms with Gasteiger partial charge in [-0.05, 0) is 12.8 Å². The highest BCUT2D eigenvalue weighted by atomic mass is 16.4. The van der Waals surface area contributed by atoms with Crippen LogP contribution in [0.4, 0.5) is 0 Å². The molecule has 13 heteroatoms. The zero-order valence-corrected chi connectivity index (χ0v) is 13.2. The van der Waals surface area contributed by atoms with Crippen LogP contribution in [0.2, 0.25) is 0 Å². The maximum absolute atomic E-state index is 10.3. The summed E-state index contributed by atoms with van der Waals surface area (Å²) in [5.41, 5.74) is 12.6. The topological polar surface area (TPSA) is 260 Å². The summed E-state index contributed by atoms with van der Waals surface area (Å²) in [5, 5.41) is 42.2. The molecule has 0 unspecified atom stereocenters. The zero-order valence-electron chi connectivity index (χ0n) is 13.2. The SMILES string of the molecule is NC(N)=NCCC[C@@H](N)C(=O)O.O=C(O)CC(O)(CC(=O)O)C(=O)O. The van der Waals surface area contributed by atoms with Gasteiger partial charge in [0.05, 0.1) is 12.8 Å². The molecule has 0 amide bonds. The van der Waals surface area contributed by atoms with Crippen LogP contribution in [0, 0.1) is 0 Å². The van der Waals surface area contributed by atoms with Gasteiger partial charge in [-0.3, -0.25) is 19.4 Å². The van der Waals surface area contributed by atoms with Crippen molar-refractivity contribution in [3.63, 3.8) is 0 Å². The van der Waals surface area contributed by atoms with Gasteiger partial charge in [-0.15, -0.1) is 0 Å². The molecule has 0 aromatic carbocycles. The van der Waals surface area contributed by atoms with E-state index in [9.17, 15) is 19.2 Å². The summed E-state index contributed by atoms with van der Waals surface area (Å²) < 4.78 is 0. The van der Waals surface area contributed by atoms with Gasteiger partial charge in [0.15, 0.2) is 11.6 Å². The fourth-order valence-corrected chi connectivity index (χ4v) is 1.36. The molecule has 0 aromatic heterocycles. The average molecular weight is 366 g/mol. The smallest absolute Gasteiger partial charge is 0.336 e. The predicted molar refractivity (Wildman–Crippen MR) is 82.6 cm³/mol. The highest BCUT2D eigenvalue weighted by molar-refractivity contribution is 5.88. The number of carboxylic acid groups (broad SMARTS) is 4. The minimum Gasteiger partial charge on any atom is -0.481 e. The highest BCUT2D eigenvalue weighted by Gasteiger charge is 2.40. The molecule has 0 saturated carbocycles. The van der Waals surface area contributed by atoms with Crippen LogP contribution in [0.3, 0.4) is 0 Å². The van der Waals surface area contributed by atoms with Gasteiger partial charge in [-0.25, -0.2) is 4.79 Å². The van der Waals surface area contributed by atoms with Crippen molar-refractivity contribution in [3.05, 3.63) is 0 Å². The Morgan fingerprint density at radius 3 is 1.68 bits per heavy atom. The van der Waals surface area contributed by atoms with Gasteiger partial charge in [0.2, 0.25) is 0 Å². The van der Waals surface area contributed by atoms with Crippen molar-refractivity contribution in [3.8, 4) is 0 Å². The molecule has 0 aliphatic carbocycles. The van der Waals surface area contributed by atoms with E-state index in [0.29, 0.717) is 19.4 Å². The molecule has 0 aliphatic rings. The second-order valence-electron chi connectivity index (χ2n) is 4.87. The third kappa shape index (κ3) is 13.2. The summed E-state index contributed by atoms with van der Waals surface area (Å²) in [6.07, 6.45) is -1.33. The van der Waals surface area contributed by atoms with Crippen molar-refractivity contribution in [2.24, 2.45) is 22.2 Å². The molecule has 25 heavy (non-hydrogen) atoms. The first-order valence-corrected chi connectivity index (χ1v) is 6.75. The van der Waals surface area contributed by atoms with Gasteiger partial charge in [-0.1, -0.05) is 0 Å². The number of nitrogens with zero attached hydrogens (tertiary/aromatic N) is 1. The fraction of sp³-hybridized carbons (Fsp3) is 0.583. The summed E-state index contributed by atoms with van der Waals surface area (Å²) in [5.74, 6) is -6.01. The number of aliphatic hydroxyl groups is 1. The van der Waals surface area contributed by atoms with Crippen molar-refractivity contribution >= 4 is 29.8 Å². The molecule has 11 N–H and O–H groups in total. The molecule has 0 bridgehead atoms. The minimum absolute atomic E-state index is 0.0129. The third-order valence-electron chi connectivity index (χ3n) is 2.57. The van der Waals surface area contributed by atoms with E-state index in [4.69, 9.17) is 42.7 Å². The van der Waals surface area contributed by atoms with E-state index in [0.717, 1.165) is 0 Å². The van der Waals surface area contributed by atoms with E-state index in [1.165, 1.54) is 0 Å². The normalized spacial score (nSPS) is 11.4. The van der Waals surface area contributed by atoms with Gasteiger partial charge in [-0.2, -0.15) is 0 Å². The number of rotatable bonds is 10. The molecular weight excluding hydrogens is 344 g/mol. The molecular formula is C12H22N4O9. The Hall–Kier alpha value is -2.93. The zero-order chi connectivity index (χ0) is 20.2. The number of hydrogen-bond acceptors (Lipinski definition) is 7. The Balaban J connectivity index is 0. The number of hydrogen-bond donors (Lipinski definition) is 8. The molecule has 144 valence electrons. The number of nitrogens with two attached hydrogens (primary N) is 3. The van der Waals surface area contributed by atoms with Gasteiger partial charge >= 0.3 is 23.9 Å². The van der Waals surface area contributed by atoms with Gasteiger partial charge < -0.3 is 42.7 Å².